The first kappa shape index (κ1) is 18.7. The van der Waals surface area contributed by atoms with E-state index >= 15 is 0 Å². The Morgan fingerprint density at radius 1 is 0.931 bits per heavy atom. The van der Waals surface area contributed by atoms with E-state index in [-0.39, 0.29) is 11.5 Å². The number of amides is 1. The molecule has 0 fully saturated rings. The fourth-order valence-electron chi connectivity index (χ4n) is 3.40. The number of hydrazone groups is 1. The summed E-state index contributed by atoms with van der Waals surface area (Å²) in [7, 11) is 0. The van der Waals surface area contributed by atoms with E-state index in [4.69, 9.17) is 0 Å². The van der Waals surface area contributed by atoms with Gasteiger partial charge in [0.05, 0.1) is 28.2 Å². The van der Waals surface area contributed by atoms with Crippen molar-refractivity contribution in [2.24, 2.45) is 5.10 Å². The van der Waals surface area contributed by atoms with Crippen molar-refractivity contribution in [3.8, 4) is 5.69 Å². The Labute approximate surface area is 168 Å². The summed E-state index contributed by atoms with van der Waals surface area (Å²) in [6.45, 7) is 7.54. The molecule has 1 aliphatic rings. The van der Waals surface area contributed by atoms with Crippen molar-refractivity contribution in [1.29, 1.82) is 0 Å². The molecule has 146 valence electrons. The smallest absolute Gasteiger partial charge is 0.280 e. The highest BCUT2D eigenvalue weighted by atomic mass is 16.2. The maximum Gasteiger partial charge on any atom is 0.280 e. The molecule has 0 spiro atoms. The van der Waals surface area contributed by atoms with Gasteiger partial charge in [0.15, 0.2) is 0 Å². The molecule has 0 aliphatic carbocycles. The molecule has 0 bridgehead atoms. The summed E-state index contributed by atoms with van der Waals surface area (Å²) in [6, 6.07) is 15.3. The molecular weight excluding hydrogens is 364 g/mol. The summed E-state index contributed by atoms with van der Waals surface area (Å²) in [5, 5.41) is 8.89. The van der Waals surface area contributed by atoms with Crippen molar-refractivity contribution in [3.05, 3.63) is 86.8 Å². The lowest BCUT2D eigenvalue weighted by Crippen LogP contribution is -2.22. The summed E-state index contributed by atoms with van der Waals surface area (Å²) in [6.07, 6.45) is 1.64. The van der Waals surface area contributed by atoms with Crippen LogP contribution in [-0.2, 0) is 4.79 Å². The zero-order chi connectivity index (χ0) is 20.7. The number of anilines is 1. The average Bonchev–Trinajstić information content (AvgIpc) is 3.14. The highest BCUT2D eigenvalue weighted by molar-refractivity contribution is 6.32. The molecule has 6 nitrogen and oxygen atoms in total. The number of carbonyl (C=O) groups excluding carboxylic acids is 1. The van der Waals surface area contributed by atoms with Crippen LogP contribution in [0.5, 0.6) is 0 Å². The fourth-order valence-corrected chi connectivity index (χ4v) is 3.40. The molecule has 3 aromatic rings. The highest BCUT2D eigenvalue weighted by Gasteiger charge is 2.29. The predicted octanol–water partition coefficient (Wildman–Crippen LogP) is 3.90. The van der Waals surface area contributed by atoms with E-state index in [0.29, 0.717) is 28.2 Å². The van der Waals surface area contributed by atoms with Gasteiger partial charge in [-0.15, -0.1) is 0 Å². The summed E-state index contributed by atoms with van der Waals surface area (Å²) in [5.74, 6) is -0.242. The Balaban J connectivity index is 1.75. The second-order valence-electron chi connectivity index (χ2n) is 7.27. The van der Waals surface area contributed by atoms with Gasteiger partial charge in [0.2, 0.25) is 0 Å². The van der Waals surface area contributed by atoms with Crippen LogP contribution in [0.2, 0.25) is 0 Å². The van der Waals surface area contributed by atoms with Gasteiger partial charge in [0.25, 0.3) is 11.5 Å². The number of H-pyrrole nitrogens is 1. The molecule has 0 saturated heterocycles. The van der Waals surface area contributed by atoms with E-state index in [9.17, 15) is 9.59 Å². The molecule has 4 rings (SSSR count). The van der Waals surface area contributed by atoms with Crippen LogP contribution in [0.3, 0.4) is 0 Å². The summed E-state index contributed by atoms with van der Waals surface area (Å²) >= 11 is 0. The van der Waals surface area contributed by atoms with E-state index in [1.165, 1.54) is 9.69 Å². The second kappa shape index (κ2) is 7.05. The summed E-state index contributed by atoms with van der Waals surface area (Å²) in [5.41, 5.74) is 5.53. The highest BCUT2D eigenvalue weighted by Crippen LogP contribution is 2.25. The van der Waals surface area contributed by atoms with Gasteiger partial charge in [0, 0.05) is 5.69 Å². The molecule has 6 heteroatoms. The number of aromatic amines is 1. The monoisotopic (exact) mass is 386 g/mol. The van der Waals surface area contributed by atoms with Crippen LogP contribution in [0.25, 0.3) is 11.8 Å². The standard InChI is InChI=1S/C23H22N4O2/c1-14-9-11-18(12-10-14)26-22(28)19(16(3)24-26)13-20-17(4)25-27(23(20)29)21-8-6-5-7-15(21)2/h5-13,25H,1-4H3/b19-13-. The summed E-state index contributed by atoms with van der Waals surface area (Å²) in [4.78, 5) is 26.0. The van der Waals surface area contributed by atoms with Gasteiger partial charge in [0.1, 0.15) is 0 Å². The van der Waals surface area contributed by atoms with Crippen molar-refractivity contribution in [1.82, 2.24) is 9.78 Å². The Kier molecular flexibility index (Phi) is 4.54. The number of nitrogens with one attached hydrogen (secondary N) is 1. The first-order valence-electron chi connectivity index (χ1n) is 9.43. The molecule has 2 heterocycles. The third-order valence-electron chi connectivity index (χ3n) is 5.10. The first-order chi connectivity index (χ1) is 13.9. The number of nitrogens with zero attached hydrogens (tertiary/aromatic N) is 3. The van der Waals surface area contributed by atoms with E-state index in [1.54, 1.807) is 13.0 Å². The number of para-hydroxylation sites is 1. The number of hydrogen-bond acceptors (Lipinski definition) is 3. The maximum atomic E-state index is 13.1. The third kappa shape index (κ3) is 3.23. The zero-order valence-corrected chi connectivity index (χ0v) is 16.9. The number of benzene rings is 2. The Hall–Kier alpha value is -3.67. The molecule has 1 aliphatic heterocycles. The Morgan fingerprint density at radius 3 is 2.31 bits per heavy atom. The molecule has 2 aromatic carbocycles. The molecule has 0 radical (unpaired) electrons. The topological polar surface area (TPSA) is 70.5 Å². The van der Waals surface area contributed by atoms with Crippen LogP contribution >= 0.6 is 0 Å². The minimum atomic E-state index is -0.242. The van der Waals surface area contributed by atoms with Crippen molar-refractivity contribution >= 4 is 23.4 Å². The molecule has 0 unspecified atom stereocenters. The minimum absolute atomic E-state index is 0.196. The van der Waals surface area contributed by atoms with Crippen molar-refractivity contribution in [2.45, 2.75) is 27.7 Å². The number of hydrogen-bond donors (Lipinski definition) is 1. The lowest BCUT2D eigenvalue weighted by atomic mass is 10.1. The third-order valence-corrected chi connectivity index (χ3v) is 5.10. The lowest BCUT2D eigenvalue weighted by molar-refractivity contribution is -0.114. The van der Waals surface area contributed by atoms with Crippen LogP contribution in [0.15, 0.2) is 64.0 Å². The first-order valence-corrected chi connectivity index (χ1v) is 9.43. The van der Waals surface area contributed by atoms with E-state index in [0.717, 1.165) is 16.8 Å². The fraction of sp³-hybridized carbons (Fsp3) is 0.174. The number of aryl methyl sites for hydroxylation is 3. The second-order valence-corrected chi connectivity index (χ2v) is 7.27. The van der Waals surface area contributed by atoms with Crippen molar-refractivity contribution in [3.63, 3.8) is 0 Å². The largest absolute Gasteiger partial charge is 0.295 e. The van der Waals surface area contributed by atoms with E-state index < -0.39 is 0 Å². The quantitative estimate of drug-likeness (QED) is 0.694. The van der Waals surface area contributed by atoms with Crippen LogP contribution in [0.4, 0.5) is 5.69 Å². The SMILES string of the molecule is CC1=NN(c2ccc(C)cc2)C(=O)/C1=C\c1c(C)[nH]n(-c2ccccc2C)c1=O. The number of rotatable bonds is 3. The van der Waals surface area contributed by atoms with E-state index in [1.807, 2.05) is 69.3 Å². The zero-order valence-electron chi connectivity index (χ0n) is 16.9. The van der Waals surface area contributed by atoms with Crippen LogP contribution in [0, 0.1) is 20.8 Å². The van der Waals surface area contributed by atoms with Crippen molar-refractivity contribution in [2.75, 3.05) is 5.01 Å². The van der Waals surface area contributed by atoms with Gasteiger partial charge in [-0.1, -0.05) is 35.9 Å². The van der Waals surface area contributed by atoms with Gasteiger partial charge in [-0.3, -0.25) is 14.7 Å². The van der Waals surface area contributed by atoms with Crippen molar-refractivity contribution < 1.29 is 4.79 Å². The van der Waals surface area contributed by atoms with Gasteiger partial charge in [-0.25, -0.2) is 4.68 Å². The molecular formula is C23H22N4O2. The van der Waals surface area contributed by atoms with E-state index in [2.05, 4.69) is 10.2 Å². The minimum Gasteiger partial charge on any atom is -0.295 e. The molecule has 0 atom stereocenters. The number of carbonyl (C=O) groups is 1. The Morgan fingerprint density at radius 2 is 1.62 bits per heavy atom. The molecule has 1 aromatic heterocycles. The lowest BCUT2D eigenvalue weighted by Gasteiger charge is -2.11. The molecule has 1 N–H and O–H groups in total. The average molecular weight is 386 g/mol. The Bertz CT molecular complexity index is 1230. The van der Waals surface area contributed by atoms with Gasteiger partial charge in [-0.05, 0) is 57.5 Å². The van der Waals surface area contributed by atoms with Crippen LogP contribution < -0.4 is 10.6 Å². The molecule has 0 saturated carbocycles. The van der Waals surface area contributed by atoms with Gasteiger partial charge < -0.3 is 0 Å². The maximum absolute atomic E-state index is 13.1. The van der Waals surface area contributed by atoms with Crippen LogP contribution in [0.1, 0.15) is 29.3 Å². The normalized spacial score (nSPS) is 15.3. The van der Waals surface area contributed by atoms with Gasteiger partial charge >= 0.3 is 0 Å². The number of aromatic nitrogens is 2. The van der Waals surface area contributed by atoms with Crippen LogP contribution in [-0.4, -0.2) is 21.4 Å². The van der Waals surface area contributed by atoms with Gasteiger partial charge in [-0.2, -0.15) is 10.1 Å². The molecule has 29 heavy (non-hydrogen) atoms. The summed E-state index contributed by atoms with van der Waals surface area (Å²) < 4.78 is 1.51. The predicted molar refractivity (Wildman–Crippen MR) is 116 cm³/mol. The molecule has 1 amide bonds.